The molecule has 1 aliphatic heterocycles. The van der Waals surface area contributed by atoms with Crippen molar-refractivity contribution in [3.05, 3.63) is 46.6 Å². The molecule has 0 bridgehead atoms. The molecule has 1 aromatic heterocycles. The summed E-state index contributed by atoms with van der Waals surface area (Å²) in [6.07, 6.45) is 1.06. The van der Waals surface area contributed by atoms with E-state index in [1.165, 1.54) is 23.5 Å². The van der Waals surface area contributed by atoms with Crippen LogP contribution in [0.4, 0.5) is 4.39 Å². The van der Waals surface area contributed by atoms with E-state index in [9.17, 15) is 9.18 Å². The molecule has 1 aliphatic rings. The van der Waals surface area contributed by atoms with E-state index in [-0.39, 0.29) is 11.7 Å². The molecule has 1 amide bonds. The quantitative estimate of drug-likeness (QED) is 0.929. The summed E-state index contributed by atoms with van der Waals surface area (Å²) in [5.41, 5.74) is 2.03. The third-order valence-electron chi connectivity index (χ3n) is 4.30. The number of carbonyl (C=O) groups is 1. The van der Waals surface area contributed by atoms with Gasteiger partial charge in [-0.25, -0.2) is 4.39 Å². The average Bonchev–Trinajstić information content (AvgIpc) is 3.15. The molecule has 1 N–H and O–H groups in total. The van der Waals surface area contributed by atoms with Gasteiger partial charge in [0.2, 0.25) is 0 Å². The second-order valence-corrected chi connectivity index (χ2v) is 7.15. The number of aryl methyl sites for hydroxylation is 1. The Morgan fingerprint density at radius 1 is 1.39 bits per heavy atom. The molecule has 1 saturated heterocycles. The van der Waals surface area contributed by atoms with Crippen molar-refractivity contribution in [3.8, 4) is 10.4 Å². The molecule has 0 spiro atoms. The topological polar surface area (TPSA) is 32.3 Å². The van der Waals surface area contributed by atoms with E-state index < -0.39 is 0 Å². The highest BCUT2D eigenvalue weighted by atomic mass is 32.1. The standard InChI is InChI=1S/C18H21FN2OS/c1-12-9-16(18(22)21-8-7-13(11-21)10-20-2)23-17(12)14-3-5-15(19)6-4-14/h3-6,9,13,20H,7-8,10-11H2,1-2H3/t13-/m0/s1. The number of carbonyl (C=O) groups excluding carboxylic acids is 1. The van der Waals surface area contributed by atoms with E-state index in [1.807, 2.05) is 24.9 Å². The summed E-state index contributed by atoms with van der Waals surface area (Å²) in [7, 11) is 1.95. The van der Waals surface area contributed by atoms with Crippen molar-refractivity contribution in [1.82, 2.24) is 10.2 Å². The lowest BCUT2D eigenvalue weighted by Crippen LogP contribution is -2.29. The number of hydrogen-bond donors (Lipinski definition) is 1. The summed E-state index contributed by atoms with van der Waals surface area (Å²) in [5.74, 6) is 0.415. The first kappa shape index (κ1) is 16.1. The van der Waals surface area contributed by atoms with Crippen molar-refractivity contribution in [3.63, 3.8) is 0 Å². The van der Waals surface area contributed by atoms with Gasteiger partial charge in [-0.3, -0.25) is 4.79 Å². The summed E-state index contributed by atoms with van der Waals surface area (Å²) in [6, 6.07) is 8.40. The molecular formula is C18H21FN2OS. The highest BCUT2D eigenvalue weighted by molar-refractivity contribution is 7.17. The predicted octanol–water partition coefficient (Wildman–Crippen LogP) is 3.54. The van der Waals surface area contributed by atoms with Crippen LogP contribution in [0, 0.1) is 18.7 Å². The van der Waals surface area contributed by atoms with Crippen molar-refractivity contribution < 1.29 is 9.18 Å². The number of hydrogen-bond acceptors (Lipinski definition) is 3. The number of benzene rings is 1. The Labute approximate surface area is 140 Å². The van der Waals surface area contributed by atoms with Crippen LogP contribution in [0.25, 0.3) is 10.4 Å². The van der Waals surface area contributed by atoms with Crippen LogP contribution in [0.2, 0.25) is 0 Å². The lowest BCUT2D eigenvalue weighted by Gasteiger charge is -2.15. The number of nitrogens with zero attached hydrogens (tertiary/aromatic N) is 1. The fourth-order valence-corrected chi connectivity index (χ4v) is 4.25. The van der Waals surface area contributed by atoms with Gasteiger partial charge in [0.1, 0.15) is 5.82 Å². The van der Waals surface area contributed by atoms with Crippen LogP contribution in [0.5, 0.6) is 0 Å². The largest absolute Gasteiger partial charge is 0.338 e. The van der Waals surface area contributed by atoms with Gasteiger partial charge in [0, 0.05) is 18.0 Å². The molecule has 2 heterocycles. The number of rotatable bonds is 4. The summed E-state index contributed by atoms with van der Waals surface area (Å²) in [5, 5.41) is 3.18. The molecule has 23 heavy (non-hydrogen) atoms. The first-order valence-electron chi connectivity index (χ1n) is 7.88. The van der Waals surface area contributed by atoms with Gasteiger partial charge in [-0.2, -0.15) is 0 Å². The van der Waals surface area contributed by atoms with Crippen molar-refractivity contribution >= 4 is 17.2 Å². The minimum atomic E-state index is -0.244. The third-order valence-corrected chi connectivity index (χ3v) is 5.58. The van der Waals surface area contributed by atoms with Crippen LogP contribution in [0.3, 0.4) is 0 Å². The smallest absolute Gasteiger partial charge is 0.263 e. The maximum Gasteiger partial charge on any atom is 0.263 e. The van der Waals surface area contributed by atoms with Crippen LogP contribution < -0.4 is 5.32 Å². The molecule has 1 aromatic carbocycles. The van der Waals surface area contributed by atoms with Gasteiger partial charge in [-0.1, -0.05) is 12.1 Å². The van der Waals surface area contributed by atoms with Crippen LogP contribution in [0.15, 0.2) is 30.3 Å². The van der Waals surface area contributed by atoms with E-state index in [1.54, 1.807) is 12.1 Å². The molecule has 2 aromatic rings. The van der Waals surface area contributed by atoms with E-state index in [2.05, 4.69) is 5.32 Å². The van der Waals surface area contributed by atoms with E-state index in [0.717, 1.165) is 46.9 Å². The lowest BCUT2D eigenvalue weighted by molar-refractivity contribution is 0.0792. The van der Waals surface area contributed by atoms with E-state index in [0.29, 0.717) is 5.92 Å². The summed E-state index contributed by atoms with van der Waals surface area (Å²) >= 11 is 1.50. The monoisotopic (exact) mass is 332 g/mol. The van der Waals surface area contributed by atoms with Gasteiger partial charge < -0.3 is 10.2 Å². The second kappa shape index (κ2) is 6.81. The summed E-state index contributed by atoms with van der Waals surface area (Å²) < 4.78 is 13.1. The Kier molecular flexibility index (Phi) is 4.78. The zero-order valence-electron chi connectivity index (χ0n) is 13.4. The molecular weight excluding hydrogens is 311 g/mol. The van der Waals surface area contributed by atoms with Crippen molar-refractivity contribution in [2.24, 2.45) is 5.92 Å². The fourth-order valence-electron chi connectivity index (χ4n) is 3.10. The highest BCUT2D eigenvalue weighted by Crippen LogP contribution is 2.33. The van der Waals surface area contributed by atoms with Crippen LogP contribution in [-0.4, -0.2) is 37.5 Å². The van der Waals surface area contributed by atoms with Crippen LogP contribution in [-0.2, 0) is 0 Å². The number of likely N-dealkylation sites (tertiary alicyclic amines) is 1. The van der Waals surface area contributed by atoms with Gasteiger partial charge >= 0.3 is 0 Å². The SMILES string of the molecule is CNC[C@@H]1CCN(C(=O)c2cc(C)c(-c3ccc(F)cc3)s2)C1. The Balaban J connectivity index is 1.78. The van der Waals surface area contributed by atoms with Crippen molar-refractivity contribution in [2.75, 3.05) is 26.7 Å². The highest BCUT2D eigenvalue weighted by Gasteiger charge is 2.27. The Bertz CT molecular complexity index is 696. The van der Waals surface area contributed by atoms with Gasteiger partial charge in [-0.15, -0.1) is 11.3 Å². The predicted molar refractivity (Wildman–Crippen MR) is 92.4 cm³/mol. The third kappa shape index (κ3) is 3.46. The van der Waals surface area contributed by atoms with Crippen molar-refractivity contribution in [2.45, 2.75) is 13.3 Å². The van der Waals surface area contributed by atoms with Crippen LogP contribution >= 0.6 is 11.3 Å². The first-order chi connectivity index (χ1) is 11.1. The van der Waals surface area contributed by atoms with E-state index >= 15 is 0 Å². The van der Waals surface area contributed by atoms with Gasteiger partial charge in [-0.05, 0) is 62.2 Å². The van der Waals surface area contributed by atoms with Crippen molar-refractivity contribution in [1.29, 1.82) is 0 Å². The van der Waals surface area contributed by atoms with Gasteiger partial charge in [0.25, 0.3) is 5.91 Å². The number of halogens is 1. The molecule has 3 rings (SSSR count). The molecule has 0 aliphatic carbocycles. The molecule has 0 unspecified atom stereocenters. The maximum atomic E-state index is 13.1. The molecule has 122 valence electrons. The summed E-state index contributed by atoms with van der Waals surface area (Å²) in [6.45, 7) is 4.60. The Morgan fingerprint density at radius 2 is 2.13 bits per heavy atom. The molecule has 1 fully saturated rings. The fraction of sp³-hybridized carbons (Fsp3) is 0.389. The number of amides is 1. The zero-order chi connectivity index (χ0) is 16.4. The normalized spacial score (nSPS) is 17.7. The van der Waals surface area contributed by atoms with Gasteiger partial charge in [0.05, 0.1) is 4.88 Å². The lowest BCUT2D eigenvalue weighted by atomic mass is 10.1. The summed E-state index contributed by atoms with van der Waals surface area (Å²) in [4.78, 5) is 16.5. The average molecular weight is 332 g/mol. The maximum absolute atomic E-state index is 13.1. The minimum absolute atomic E-state index is 0.116. The number of thiophene rings is 1. The molecule has 3 nitrogen and oxygen atoms in total. The Hall–Kier alpha value is -1.72. The number of nitrogens with one attached hydrogen (secondary N) is 1. The minimum Gasteiger partial charge on any atom is -0.338 e. The van der Waals surface area contributed by atoms with Gasteiger partial charge in [0.15, 0.2) is 0 Å². The van der Waals surface area contributed by atoms with Crippen LogP contribution in [0.1, 0.15) is 21.7 Å². The Morgan fingerprint density at radius 3 is 2.83 bits per heavy atom. The second-order valence-electron chi connectivity index (χ2n) is 6.09. The first-order valence-corrected chi connectivity index (χ1v) is 8.70. The van der Waals surface area contributed by atoms with E-state index in [4.69, 9.17) is 0 Å². The molecule has 0 radical (unpaired) electrons. The molecule has 0 saturated carbocycles. The molecule has 1 atom stereocenters. The zero-order valence-corrected chi connectivity index (χ0v) is 14.3. The molecule has 5 heteroatoms.